The molecule has 0 N–H and O–H groups in total. The van der Waals surface area contributed by atoms with Gasteiger partial charge < -0.3 is 19.0 Å². The molecule has 1 aromatic rings. The van der Waals surface area contributed by atoms with Gasteiger partial charge in [0.1, 0.15) is 5.76 Å². The standard InChI is InChI=1S/C18H26N2O4/c1-12-9-20(10-13(2)24-12)17(21)15-5-4-7-19(11-15)18(22)16-6-8-23-14(16)3/h6,8,12-13,15H,4-5,7,9-11H2,1-3H3. The molecule has 0 radical (unpaired) electrons. The topological polar surface area (TPSA) is 63.0 Å². The molecule has 2 saturated heterocycles. The van der Waals surface area contributed by atoms with E-state index in [0.29, 0.717) is 37.5 Å². The highest BCUT2D eigenvalue weighted by molar-refractivity contribution is 5.95. The molecule has 0 bridgehead atoms. The predicted octanol–water partition coefficient (Wildman–Crippen LogP) is 2.08. The molecule has 24 heavy (non-hydrogen) atoms. The Bertz CT molecular complexity index is 602. The van der Waals surface area contributed by atoms with E-state index in [9.17, 15) is 9.59 Å². The minimum atomic E-state index is -0.118. The van der Waals surface area contributed by atoms with E-state index in [1.165, 1.54) is 6.26 Å². The Kier molecular flexibility index (Phi) is 4.94. The van der Waals surface area contributed by atoms with Gasteiger partial charge in [0.05, 0.1) is 30.0 Å². The SMILES string of the molecule is Cc1occc1C(=O)N1CCCC(C(=O)N2CC(C)OC(C)C2)C1. The molecule has 2 fully saturated rings. The molecular formula is C18H26N2O4. The number of carbonyl (C=O) groups is 2. The highest BCUT2D eigenvalue weighted by Crippen LogP contribution is 2.23. The minimum Gasteiger partial charge on any atom is -0.469 e. The molecule has 1 aromatic heterocycles. The Morgan fingerprint density at radius 1 is 1.12 bits per heavy atom. The van der Waals surface area contributed by atoms with Crippen LogP contribution in [0.3, 0.4) is 0 Å². The van der Waals surface area contributed by atoms with Gasteiger partial charge in [0, 0.05) is 26.2 Å². The Hall–Kier alpha value is -1.82. The van der Waals surface area contributed by atoms with Crippen LogP contribution < -0.4 is 0 Å². The summed E-state index contributed by atoms with van der Waals surface area (Å²) >= 11 is 0. The number of carbonyl (C=O) groups excluding carboxylic acids is 2. The van der Waals surface area contributed by atoms with Crippen molar-refractivity contribution in [3.8, 4) is 0 Å². The Balaban J connectivity index is 1.66. The maximum absolute atomic E-state index is 12.9. The number of piperidine rings is 1. The van der Waals surface area contributed by atoms with Crippen LogP contribution in [0, 0.1) is 12.8 Å². The van der Waals surface area contributed by atoms with E-state index in [1.807, 2.05) is 18.7 Å². The van der Waals surface area contributed by atoms with E-state index in [4.69, 9.17) is 9.15 Å². The van der Waals surface area contributed by atoms with Crippen LogP contribution in [0.1, 0.15) is 42.8 Å². The second-order valence-electron chi connectivity index (χ2n) is 6.98. The first-order valence-electron chi connectivity index (χ1n) is 8.73. The third-order valence-corrected chi connectivity index (χ3v) is 4.88. The zero-order chi connectivity index (χ0) is 17.3. The lowest BCUT2D eigenvalue weighted by molar-refractivity contribution is -0.148. The second-order valence-corrected chi connectivity index (χ2v) is 6.98. The van der Waals surface area contributed by atoms with Gasteiger partial charge in [-0.3, -0.25) is 9.59 Å². The van der Waals surface area contributed by atoms with E-state index < -0.39 is 0 Å². The number of furan rings is 1. The van der Waals surface area contributed by atoms with Crippen LogP contribution in [-0.2, 0) is 9.53 Å². The summed E-state index contributed by atoms with van der Waals surface area (Å²) in [6.45, 7) is 8.23. The molecule has 2 aliphatic rings. The van der Waals surface area contributed by atoms with Gasteiger partial charge in [-0.15, -0.1) is 0 Å². The molecule has 3 heterocycles. The van der Waals surface area contributed by atoms with Crippen molar-refractivity contribution in [3.63, 3.8) is 0 Å². The van der Waals surface area contributed by atoms with E-state index in [0.717, 1.165) is 12.8 Å². The number of nitrogens with zero attached hydrogens (tertiary/aromatic N) is 2. The Labute approximate surface area is 142 Å². The summed E-state index contributed by atoms with van der Waals surface area (Å²) in [6, 6.07) is 1.70. The predicted molar refractivity (Wildman–Crippen MR) is 88.7 cm³/mol. The number of amides is 2. The van der Waals surface area contributed by atoms with Crippen LogP contribution >= 0.6 is 0 Å². The van der Waals surface area contributed by atoms with E-state index in [2.05, 4.69) is 0 Å². The van der Waals surface area contributed by atoms with E-state index in [1.54, 1.807) is 17.9 Å². The molecule has 3 unspecified atom stereocenters. The molecule has 3 rings (SSSR count). The quantitative estimate of drug-likeness (QED) is 0.831. The van der Waals surface area contributed by atoms with Crippen molar-refractivity contribution in [3.05, 3.63) is 23.7 Å². The van der Waals surface area contributed by atoms with Crippen LogP contribution in [0.25, 0.3) is 0 Å². The van der Waals surface area contributed by atoms with Crippen molar-refractivity contribution < 1.29 is 18.7 Å². The lowest BCUT2D eigenvalue weighted by Crippen LogP contribution is -2.53. The summed E-state index contributed by atoms with van der Waals surface area (Å²) in [5.74, 6) is 0.623. The average Bonchev–Trinajstić information content (AvgIpc) is 2.98. The number of likely N-dealkylation sites (tertiary alicyclic amines) is 1. The highest BCUT2D eigenvalue weighted by Gasteiger charge is 2.34. The van der Waals surface area contributed by atoms with Crippen molar-refractivity contribution in [2.75, 3.05) is 26.2 Å². The first kappa shape index (κ1) is 17.0. The van der Waals surface area contributed by atoms with Crippen LogP contribution in [0.15, 0.2) is 16.7 Å². The number of hydrogen-bond donors (Lipinski definition) is 0. The van der Waals surface area contributed by atoms with E-state index in [-0.39, 0.29) is 29.9 Å². The molecule has 2 aliphatic heterocycles. The van der Waals surface area contributed by atoms with Gasteiger partial charge in [-0.05, 0) is 39.7 Å². The van der Waals surface area contributed by atoms with Crippen LogP contribution in [0.2, 0.25) is 0 Å². The maximum Gasteiger partial charge on any atom is 0.257 e. The molecule has 0 saturated carbocycles. The Morgan fingerprint density at radius 2 is 1.83 bits per heavy atom. The number of rotatable bonds is 2. The van der Waals surface area contributed by atoms with Crippen molar-refractivity contribution in [2.24, 2.45) is 5.92 Å². The van der Waals surface area contributed by atoms with Crippen LogP contribution in [-0.4, -0.2) is 60.0 Å². The van der Waals surface area contributed by atoms with Crippen molar-refractivity contribution in [2.45, 2.75) is 45.8 Å². The van der Waals surface area contributed by atoms with Gasteiger partial charge in [-0.1, -0.05) is 0 Å². The van der Waals surface area contributed by atoms with Gasteiger partial charge in [-0.25, -0.2) is 0 Å². The van der Waals surface area contributed by atoms with Gasteiger partial charge in [0.2, 0.25) is 5.91 Å². The second kappa shape index (κ2) is 6.97. The smallest absolute Gasteiger partial charge is 0.257 e. The molecule has 132 valence electrons. The summed E-state index contributed by atoms with van der Waals surface area (Å²) in [6.07, 6.45) is 3.35. The summed E-state index contributed by atoms with van der Waals surface area (Å²) < 4.78 is 10.9. The first-order chi connectivity index (χ1) is 11.5. The van der Waals surface area contributed by atoms with Gasteiger partial charge >= 0.3 is 0 Å². The lowest BCUT2D eigenvalue weighted by Gasteiger charge is -2.39. The number of morpholine rings is 1. The fourth-order valence-corrected chi connectivity index (χ4v) is 3.76. The molecule has 0 spiro atoms. The largest absolute Gasteiger partial charge is 0.469 e. The maximum atomic E-state index is 12.9. The molecule has 0 aliphatic carbocycles. The molecule has 3 atom stereocenters. The number of hydrogen-bond acceptors (Lipinski definition) is 4. The number of ether oxygens (including phenoxy) is 1. The normalized spacial score (nSPS) is 28.0. The van der Waals surface area contributed by atoms with Crippen molar-refractivity contribution in [1.82, 2.24) is 9.80 Å². The minimum absolute atomic E-state index is 0.0394. The summed E-state index contributed by atoms with van der Waals surface area (Å²) in [5.41, 5.74) is 0.594. The van der Waals surface area contributed by atoms with E-state index >= 15 is 0 Å². The van der Waals surface area contributed by atoms with Crippen molar-refractivity contribution in [1.29, 1.82) is 0 Å². The van der Waals surface area contributed by atoms with Crippen molar-refractivity contribution >= 4 is 11.8 Å². The molecule has 0 aromatic carbocycles. The van der Waals surface area contributed by atoms with Gasteiger partial charge in [-0.2, -0.15) is 0 Å². The summed E-state index contributed by atoms with van der Waals surface area (Å²) in [7, 11) is 0. The third-order valence-electron chi connectivity index (χ3n) is 4.88. The molecular weight excluding hydrogens is 308 g/mol. The highest BCUT2D eigenvalue weighted by atomic mass is 16.5. The Morgan fingerprint density at radius 3 is 2.46 bits per heavy atom. The lowest BCUT2D eigenvalue weighted by atomic mass is 9.95. The fraction of sp³-hybridized carbons (Fsp3) is 0.667. The zero-order valence-corrected chi connectivity index (χ0v) is 14.7. The first-order valence-corrected chi connectivity index (χ1v) is 8.73. The molecule has 2 amide bonds. The summed E-state index contributed by atoms with van der Waals surface area (Å²) in [5, 5.41) is 0. The zero-order valence-electron chi connectivity index (χ0n) is 14.7. The monoisotopic (exact) mass is 334 g/mol. The third kappa shape index (κ3) is 3.48. The van der Waals surface area contributed by atoms with Crippen LogP contribution in [0.4, 0.5) is 0 Å². The number of aryl methyl sites for hydroxylation is 1. The fourth-order valence-electron chi connectivity index (χ4n) is 3.76. The van der Waals surface area contributed by atoms with Crippen LogP contribution in [0.5, 0.6) is 0 Å². The average molecular weight is 334 g/mol. The molecule has 6 nitrogen and oxygen atoms in total. The summed E-state index contributed by atoms with van der Waals surface area (Å²) in [4.78, 5) is 29.2. The molecule has 6 heteroatoms. The van der Waals surface area contributed by atoms with Gasteiger partial charge in [0.25, 0.3) is 5.91 Å². The van der Waals surface area contributed by atoms with Gasteiger partial charge in [0.15, 0.2) is 0 Å².